The molecule has 23 heavy (non-hydrogen) atoms. The molecule has 122 valence electrons. The van der Waals surface area contributed by atoms with Gasteiger partial charge in [-0.15, -0.1) is 0 Å². The summed E-state index contributed by atoms with van der Waals surface area (Å²) in [7, 11) is 0. The molecule has 2 heterocycles. The lowest BCUT2D eigenvalue weighted by Crippen LogP contribution is -2.41. The van der Waals surface area contributed by atoms with Crippen molar-refractivity contribution in [3.8, 4) is 5.95 Å². The number of hydrogen-bond acceptors (Lipinski definition) is 5. The Labute approximate surface area is 134 Å². The Hall–Kier alpha value is -2.34. The number of pyridine rings is 1. The number of amides is 1. The van der Waals surface area contributed by atoms with Crippen LogP contribution in [-0.4, -0.2) is 28.7 Å². The van der Waals surface area contributed by atoms with Crippen molar-refractivity contribution in [2.24, 2.45) is 5.92 Å². The third-order valence-corrected chi connectivity index (χ3v) is 4.01. The summed E-state index contributed by atoms with van der Waals surface area (Å²) in [6.07, 6.45) is 2.72. The molecule has 1 fully saturated rings. The Morgan fingerprint density at radius 3 is 2.91 bits per heavy atom. The molecular weight excluding hydrogens is 296 g/mol. The summed E-state index contributed by atoms with van der Waals surface area (Å²) in [5.41, 5.74) is 0.786. The largest absolute Gasteiger partial charge is 0.465 e. The Morgan fingerprint density at radius 2 is 2.26 bits per heavy atom. The van der Waals surface area contributed by atoms with E-state index in [2.05, 4.69) is 10.3 Å². The quantitative estimate of drug-likeness (QED) is 0.854. The van der Waals surface area contributed by atoms with Gasteiger partial charge in [-0.1, -0.05) is 6.07 Å². The summed E-state index contributed by atoms with van der Waals surface area (Å²) in [4.78, 5) is 16.8. The summed E-state index contributed by atoms with van der Waals surface area (Å²) in [5, 5.41) is 12.5. The van der Waals surface area contributed by atoms with Gasteiger partial charge in [0.25, 0.3) is 11.9 Å². The normalized spacial score (nSPS) is 21.3. The van der Waals surface area contributed by atoms with Gasteiger partial charge < -0.3 is 19.6 Å². The molecule has 0 spiro atoms. The van der Waals surface area contributed by atoms with Crippen molar-refractivity contribution < 1.29 is 19.1 Å². The van der Waals surface area contributed by atoms with E-state index in [4.69, 9.17) is 9.15 Å². The van der Waals surface area contributed by atoms with Crippen LogP contribution < -0.4 is 10.1 Å². The van der Waals surface area contributed by atoms with Crippen LogP contribution in [0.25, 0.3) is 0 Å². The van der Waals surface area contributed by atoms with Gasteiger partial charge in [-0.3, -0.25) is 9.78 Å². The van der Waals surface area contributed by atoms with E-state index in [0.29, 0.717) is 25.4 Å². The van der Waals surface area contributed by atoms with Gasteiger partial charge >= 0.3 is 0 Å². The van der Waals surface area contributed by atoms with Crippen molar-refractivity contribution in [1.82, 2.24) is 10.3 Å². The Bertz CT molecular complexity index is 650. The summed E-state index contributed by atoms with van der Waals surface area (Å²) in [6.45, 7) is 2.33. The fraction of sp³-hybridized carbons (Fsp3) is 0.412. The first kappa shape index (κ1) is 15.6. The number of carbonyl (C=O) groups is 1. The molecule has 3 rings (SSSR count). The van der Waals surface area contributed by atoms with Gasteiger partial charge in [0.1, 0.15) is 0 Å². The van der Waals surface area contributed by atoms with E-state index in [-0.39, 0.29) is 29.7 Å². The number of hydrogen-bond donors (Lipinski definition) is 2. The van der Waals surface area contributed by atoms with Crippen LogP contribution >= 0.6 is 0 Å². The molecule has 0 saturated heterocycles. The topological polar surface area (TPSA) is 84.6 Å². The predicted octanol–water partition coefficient (Wildman–Crippen LogP) is 2.32. The van der Waals surface area contributed by atoms with E-state index in [1.807, 2.05) is 25.1 Å². The van der Waals surface area contributed by atoms with Gasteiger partial charge in [-0.2, -0.15) is 0 Å². The summed E-state index contributed by atoms with van der Waals surface area (Å²) in [5.74, 6) is 0.388. The van der Waals surface area contributed by atoms with Crippen LogP contribution in [-0.2, 0) is 0 Å². The summed E-state index contributed by atoms with van der Waals surface area (Å²) >= 11 is 0. The highest BCUT2D eigenvalue weighted by atomic mass is 16.6. The molecule has 0 aromatic carbocycles. The van der Waals surface area contributed by atoms with Crippen molar-refractivity contribution in [3.63, 3.8) is 0 Å². The minimum Gasteiger partial charge on any atom is -0.465 e. The Balaban J connectivity index is 1.73. The SMILES string of the molecule is CCOc1ccc(C(=O)N[C@@H](c2ccccn2)C2CC(O)C2)o1. The zero-order valence-corrected chi connectivity index (χ0v) is 12.9. The second kappa shape index (κ2) is 6.83. The molecule has 6 heteroatoms. The molecule has 1 amide bonds. The van der Waals surface area contributed by atoms with Crippen molar-refractivity contribution in [3.05, 3.63) is 48.0 Å². The third-order valence-electron chi connectivity index (χ3n) is 4.01. The number of ether oxygens (including phenoxy) is 1. The lowest BCUT2D eigenvalue weighted by Gasteiger charge is -2.37. The fourth-order valence-corrected chi connectivity index (χ4v) is 2.77. The van der Waals surface area contributed by atoms with E-state index in [1.165, 1.54) is 0 Å². The molecule has 6 nitrogen and oxygen atoms in total. The molecule has 1 aliphatic rings. The van der Waals surface area contributed by atoms with Crippen LogP contribution in [0.1, 0.15) is 42.1 Å². The van der Waals surface area contributed by atoms with Crippen molar-refractivity contribution in [1.29, 1.82) is 0 Å². The zero-order chi connectivity index (χ0) is 16.2. The standard InChI is InChI=1S/C17H20N2O4/c1-2-22-15-7-6-14(23-15)17(21)19-16(11-9-12(20)10-11)13-5-3-4-8-18-13/h3-8,11-12,16,20H,2,9-10H2,1H3,(H,19,21)/t11?,12?,16-/m1/s1. The zero-order valence-electron chi connectivity index (χ0n) is 12.9. The average molecular weight is 316 g/mol. The van der Waals surface area contributed by atoms with E-state index in [1.54, 1.807) is 18.3 Å². The van der Waals surface area contributed by atoms with Gasteiger partial charge in [0.2, 0.25) is 0 Å². The molecule has 0 bridgehead atoms. The second-order valence-corrected chi connectivity index (χ2v) is 5.64. The second-order valence-electron chi connectivity index (χ2n) is 5.64. The first-order chi connectivity index (χ1) is 11.2. The molecule has 1 aliphatic carbocycles. The fourth-order valence-electron chi connectivity index (χ4n) is 2.77. The minimum absolute atomic E-state index is 0.171. The highest BCUT2D eigenvalue weighted by molar-refractivity contribution is 5.91. The van der Waals surface area contributed by atoms with Crippen LogP contribution in [0.15, 0.2) is 40.9 Å². The molecule has 0 aliphatic heterocycles. The molecular formula is C17H20N2O4. The minimum atomic E-state index is -0.312. The van der Waals surface area contributed by atoms with Gasteiger partial charge in [-0.05, 0) is 43.9 Å². The van der Waals surface area contributed by atoms with Gasteiger partial charge in [0.05, 0.1) is 24.4 Å². The lowest BCUT2D eigenvalue weighted by atomic mass is 9.76. The molecule has 2 aromatic rings. The van der Waals surface area contributed by atoms with E-state index in [0.717, 1.165) is 5.69 Å². The van der Waals surface area contributed by atoms with Crippen molar-refractivity contribution in [2.75, 3.05) is 6.61 Å². The van der Waals surface area contributed by atoms with Crippen molar-refractivity contribution >= 4 is 5.91 Å². The van der Waals surface area contributed by atoms with Gasteiger partial charge in [0, 0.05) is 12.3 Å². The number of nitrogens with one attached hydrogen (secondary N) is 1. The first-order valence-corrected chi connectivity index (χ1v) is 7.80. The van der Waals surface area contributed by atoms with Gasteiger partial charge in [-0.25, -0.2) is 0 Å². The van der Waals surface area contributed by atoms with Crippen LogP contribution in [0.3, 0.4) is 0 Å². The molecule has 2 aromatic heterocycles. The molecule has 0 radical (unpaired) electrons. The van der Waals surface area contributed by atoms with Crippen molar-refractivity contribution in [2.45, 2.75) is 31.9 Å². The van der Waals surface area contributed by atoms with Crippen LogP contribution in [0, 0.1) is 5.92 Å². The monoisotopic (exact) mass is 316 g/mol. The Morgan fingerprint density at radius 1 is 1.43 bits per heavy atom. The molecule has 0 unspecified atom stereocenters. The highest BCUT2D eigenvalue weighted by Gasteiger charge is 2.36. The van der Waals surface area contributed by atoms with E-state index < -0.39 is 0 Å². The number of nitrogens with zero attached hydrogens (tertiary/aromatic N) is 1. The number of aliphatic hydroxyl groups is 1. The molecule has 1 atom stereocenters. The van der Waals surface area contributed by atoms with Crippen LogP contribution in [0.4, 0.5) is 0 Å². The van der Waals surface area contributed by atoms with Crippen LogP contribution in [0.5, 0.6) is 5.95 Å². The number of rotatable bonds is 6. The maximum absolute atomic E-state index is 12.4. The maximum atomic E-state index is 12.4. The smallest absolute Gasteiger partial charge is 0.287 e. The Kier molecular flexibility index (Phi) is 4.62. The number of carbonyl (C=O) groups excluding carboxylic acids is 1. The molecule has 2 N–H and O–H groups in total. The lowest BCUT2D eigenvalue weighted by molar-refractivity contribution is 0.0225. The van der Waals surface area contributed by atoms with E-state index >= 15 is 0 Å². The number of aromatic nitrogens is 1. The average Bonchev–Trinajstić information content (AvgIpc) is 3.00. The predicted molar refractivity (Wildman–Crippen MR) is 83.1 cm³/mol. The maximum Gasteiger partial charge on any atom is 0.287 e. The molecule has 1 saturated carbocycles. The summed E-state index contributed by atoms with van der Waals surface area (Å²) in [6, 6.07) is 8.57. The number of furan rings is 1. The number of aliphatic hydroxyl groups excluding tert-OH is 1. The first-order valence-electron chi connectivity index (χ1n) is 7.80. The van der Waals surface area contributed by atoms with E-state index in [9.17, 15) is 9.90 Å². The third kappa shape index (κ3) is 3.53. The highest BCUT2D eigenvalue weighted by Crippen LogP contribution is 2.37. The van der Waals surface area contributed by atoms with Gasteiger partial charge in [0.15, 0.2) is 5.76 Å². The van der Waals surface area contributed by atoms with Crippen LogP contribution in [0.2, 0.25) is 0 Å². The summed E-state index contributed by atoms with van der Waals surface area (Å²) < 4.78 is 10.6.